The zero-order valence-corrected chi connectivity index (χ0v) is 12.6. The van der Waals surface area contributed by atoms with Gasteiger partial charge < -0.3 is 19.5 Å². The van der Waals surface area contributed by atoms with Gasteiger partial charge in [-0.2, -0.15) is 0 Å². The first-order valence-electron chi connectivity index (χ1n) is 6.54. The highest BCUT2D eigenvalue weighted by Crippen LogP contribution is 2.10. The molecule has 21 heavy (non-hydrogen) atoms. The number of carboxylic acids is 1. The number of carbonyl (C=O) groups is 2. The van der Waals surface area contributed by atoms with Crippen LogP contribution in [0.25, 0.3) is 10.4 Å². The fourth-order valence-corrected chi connectivity index (χ4v) is 1.33. The summed E-state index contributed by atoms with van der Waals surface area (Å²) in [4.78, 5) is 26.3. The molecule has 1 N–H and O–H groups in total. The van der Waals surface area contributed by atoms with Gasteiger partial charge in [0.05, 0.1) is 6.61 Å². The average Bonchev–Trinajstić information content (AvgIpc) is 2.34. The molecule has 0 aliphatic rings. The van der Waals surface area contributed by atoms with Crippen LogP contribution in [0.1, 0.15) is 27.2 Å². The normalized spacial score (nSPS) is 10.6. The molecule has 0 aliphatic heterocycles. The van der Waals surface area contributed by atoms with E-state index in [4.69, 9.17) is 20.1 Å². The molecule has 0 saturated carbocycles. The third-order valence-corrected chi connectivity index (χ3v) is 2.13. The Morgan fingerprint density at radius 3 is 2.52 bits per heavy atom. The Balaban J connectivity index is 4.34. The second-order valence-corrected chi connectivity index (χ2v) is 5.22. The molecule has 1 amide bonds. The van der Waals surface area contributed by atoms with Gasteiger partial charge in [-0.05, 0) is 32.7 Å². The fraction of sp³-hybridized carbons (Fsp3) is 0.833. The Labute approximate surface area is 123 Å². The monoisotopic (exact) mass is 302 g/mol. The predicted octanol–water partition coefficient (Wildman–Crippen LogP) is 2.03. The molecule has 9 nitrogen and oxygen atoms in total. The van der Waals surface area contributed by atoms with E-state index in [0.29, 0.717) is 13.0 Å². The number of hydrogen-bond donors (Lipinski definition) is 1. The highest BCUT2D eigenvalue weighted by atomic mass is 16.6. The molecule has 0 bridgehead atoms. The number of carbonyl (C=O) groups excluding carboxylic acids is 1. The van der Waals surface area contributed by atoms with Gasteiger partial charge in [-0.3, -0.25) is 0 Å². The van der Waals surface area contributed by atoms with Crippen molar-refractivity contribution in [3.05, 3.63) is 10.4 Å². The van der Waals surface area contributed by atoms with Gasteiger partial charge in [-0.25, -0.2) is 9.59 Å². The first kappa shape index (κ1) is 19.0. The van der Waals surface area contributed by atoms with Crippen molar-refractivity contribution in [2.24, 2.45) is 5.11 Å². The molecule has 0 aliphatic carbocycles. The summed E-state index contributed by atoms with van der Waals surface area (Å²) in [6, 6.07) is 0. The van der Waals surface area contributed by atoms with Gasteiger partial charge >= 0.3 is 12.1 Å². The van der Waals surface area contributed by atoms with Crippen molar-refractivity contribution in [1.82, 2.24) is 4.90 Å². The summed E-state index contributed by atoms with van der Waals surface area (Å²) in [6.07, 6.45) is -0.0234. The van der Waals surface area contributed by atoms with Crippen LogP contribution in [-0.4, -0.2) is 60.5 Å². The van der Waals surface area contributed by atoms with Crippen LogP contribution in [0.3, 0.4) is 0 Å². The minimum absolute atomic E-state index is 0.0903. The summed E-state index contributed by atoms with van der Waals surface area (Å²) in [7, 11) is 0. The van der Waals surface area contributed by atoms with Crippen LogP contribution < -0.4 is 0 Å². The highest BCUT2D eigenvalue weighted by Gasteiger charge is 2.21. The molecule has 0 spiro atoms. The number of amides is 1. The van der Waals surface area contributed by atoms with Gasteiger partial charge in [-0.15, -0.1) is 0 Å². The predicted molar refractivity (Wildman–Crippen MR) is 74.9 cm³/mol. The lowest BCUT2D eigenvalue weighted by Gasteiger charge is -2.27. The fourth-order valence-electron chi connectivity index (χ4n) is 1.33. The summed E-state index contributed by atoms with van der Waals surface area (Å²) in [5.74, 6) is -1.07. The van der Waals surface area contributed by atoms with Crippen molar-refractivity contribution < 1.29 is 24.2 Å². The lowest BCUT2D eigenvalue weighted by molar-refractivity contribution is -0.142. The number of aliphatic carboxylic acids is 1. The van der Waals surface area contributed by atoms with E-state index in [2.05, 4.69) is 10.0 Å². The van der Waals surface area contributed by atoms with E-state index in [-0.39, 0.29) is 19.7 Å². The van der Waals surface area contributed by atoms with Crippen LogP contribution in [0.5, 0.6) is 0 Å². The SMILES string of the molecule is CC(C)(C)OC(=O)N(CCCN=[N+]=[N-])CCOCC(=O)O. The number of nitrogens with zero attached hydrogens (tertiary/aromatic N) is 4. The van der Waals surface area contributed by atoms with Gasteiger partial charge in [-0.1, -0.05) is 5.11 Å². The molecule has 0 radical (unpaired) electrons. The van der Waals surface area contributed by atoms with E-state index in [1.807, 2.05) is 0 Å². The molecule has 0 aromatic heterocycles. The molecule has 0 aromatic carbocycles. The zero-order chi connectivity index (χ0) is 16.3. The van der Waals surface area contributed by atoms with Gasteiger partial charge in [0.25, 0.3) is 0 Å². The van der Waals surface area contributed by atoms with Crippen molar-refractivity contribution >= 4 is 12.1 Å². The smallest absolute Gasteiger partial charge is 0.410 e. The van der Waals surface area contributed by atoms with Gasteiger partial charge in [0.1, 0.15) is 12.2 Å². The summed E-state index contributed by atoms with van der Waals surface area (Å²) in [6.45, 7) is 5.75. The molecule has 0 saturated heterocycles. The van der Waals surface area contributed by atoms with Crippen molar-refractivity contribution in [3.8, 4) is 0 Å². The van der Waals surface area contributed by atoms with Crippen molar-refractivity contribution in [3.63, 3.8) is 0 Å². The first-order valence-corrected chi connectivity index (χ1v) is 6.54. The van der Waals surface area contributed by atoms with E-state index in [1.54, 1.807) is 20.8 Å². The largest absolute Gasteiger partial charge is 0.480 e. The Morgan fingerprint density at radius 1 is 1.33 bits per heavy atom. The summed E-state index contributed by atoms with van der Waals surface area (Å²) >= 11 is 0. The highest BCUT2D eigenvalue weighted by molar-refractivity contribution is 5.68. The Morgan fingerprint density at radius 2 is 2.00 bits per heavy atom. The first-order chi connectivity index (χ1) is 9.76. The van der Waals surface area contributed by atoms with Crippen LogP contribution >= 0.6 is 0 Å². The van der Waals surface area contributed by atoms with Gasteiger partial charge in [0.2, 0.25) is 0 Å². The van der Waals surface area contributed by atoms with Crippen LogP contribution in [0.4, 0.5) is 4.79 Å². The number of ether oxygens (including phenoxy) is 2. The van der Waals surface area contributed by atoms with E-state index in [0.717, 1.165) is 0 Å². The molecular formula is C12H22N4O5. The van der Waals surface area contributed by atoms with Gasteiger partial charge in [0, 0.05) is 24.5 Å². The van der Waals surface area contributed by atoms with Crippen LogP contribution in [0.15, 0.2) is 5.11 Å². The van der Waals surface area contributed by atoms with Crippen molar-refractivity contribution in [2.45, 2.75) is 32.8 Å². The van der Waals surface area contributed by atoms with Crippen molar-refractivity contribution in [2.75, 3.05) is 32.8 Å². The number of hydrogen-bond acceptors (Lipinski definition) is 5. The lowest BCUT2D eigenvalue weighted by atomic mass is 10.2. The third kappa shape index (κ3) is 11.5. The molecule has 9 heteroatoms. The quantitative estimate of drug-likeness (QED) is 0.302. The Hall–Kier alpha value is -1.99. The summed E-state index contributed by atoms with van der Waals surface area (Å²) in [5.41, 5.74) is 7.57. The molecule has 120 valence electrons. The van der Waals surface area contributed by atoms with Crippen LogP contribution in [-0.2, 0) is 14.3 Å². The lowest BCUT2D eigenvalue weighted by Crippen LogP contribution is -2.39. The zero-order valence-electron chi connectivity index (χ0n) is 12.6. The molecule has 0 rings (SSSR count). The van der Waals surface area contributed by atoms with Crippen molar-refractivity contribution in [1.29, 1.82) is 0 Å². The minimum Gasteiger partial charge on any atom is -0.480 e. The molecule has 0 unspecified atom stereocenters. The van der Waals surface area contributed by atoms with Crippen LogP contribution in [0.2, 0.25) is 0 Å². The summed E-state index contributed by atoms with van der Waals surface area (Å²) < 4.78 is 10.1. The minimum atomic E-state index is -1.07. The van der Waals surface area contributed by atoms with E-state index in [1.165, 1.54) is 4.90 Å². The second-order valence-electron chi connectivity index (χ2n) is 5.22. The molecule has 0 heterocycles. The number of azide groups is 1. The molecule has 0 fully saturated rings. The average molecular weight is 302 g/mol. The maximum atomic E-state index is 12.0. The molecule has 0 aromatic rings. The van der Waals surface area contributed by atoms with E-state index < -0.39 is 24.3 Å². The van der Waals surface area contributed by atoms with E-state index in [9.17, 15) is 9.59 Å². The Bertz CT molecular complexity index is 388. The maximum Gasteiger partial charge on any atom is 0.410 e. The topological polar surface area (TPSA) is 125 Å². The standard InChI is InChI=1S/C12H22N4O5/c1-12(2,3)21-11(19)16(6-4-5-14-15-13)7-8-20-9-10(17)18/h4-9H2,1-3H3,(H,17,18). The van der Waals surface area contributed by atoms with Crippen LogP contribution in [0, 0.1) is 0 Å². The summed E-state index contributed by atoms with van der Waals surface area (Å²) in [5, 5.41) is 11.9. The second kappa shape index (κ2) is 9.84. The molecule has 0 atom stereocenters. The number of carboxylic acid groups (broad SMARTS) is 1. The van der Waals surface area contributed by atoms with E-state index >= 15 is 0 Å². The maximum absolute atomic E-state index is 12.0. The third-order valence-electron chi connectivity index (χ3n) is 2.13. The number of rotatable bonds is 9. The Kier molecular flexibility index (Phi) is 8.91. The molecular weight excluding hydrogens is 280 g/mol. The van der Waals surface area contributed by atoms with Gasteiger partial charge in [0.15, 0.2) is 0 Å².